The fourth-order valence-electron chi connectivity index (χ4n) is 2.18. The summed E-state index contributed by atoms with van der Waals surface area (Å²) >= 11 is 0. The molecule has 7 heteroatoms. The van der Waals surface area contributed by atoms with Gasteiger partial charge in [0.25, 0.3) is 5.69 Å². The molecule has 0 unspecified atom stereocenters. The van der Waals surface area contributed by atoms with E-state index in [-0.39, 0.29) is 17.8 Å². The summed E-state index contributed by atoms with van der Waals surface area (Å²) < 4.78 is 28.0. The molecule has 2 aromatic carbocycles. The van der Waals surface area contributed by atoms with Gasteiger partial charge in [0.05, 0.1) is 28.6 Å². The van der Waals surface area contributed by atoms with Gasteiger partial charge in [-0.05, 0) is 12.1 Å². The van der Waals surface area contributed by atoms with Crippen molar-refractivity contribution in [1.82, 2.24) is 9.78 Å². The molecular weight excluding hydrogens is 280 g/mol. The molecule has 0 radical (unpaired) electrons. The lowest BCUT2D eigenvalue weighted by molar-refractivity contribution is -0.383. The number of hydrogen-bond acceptors (Lipinski definition) is 3. The third kappa shape index (κ3) is 2.33. The third-order valence-electron chi connectivity index (χ3n) is 3.20. The molecule has 0 aliphatic heterocycles. The molecule has 106 valence electrons. The highest BCUT2D eigenvalue weighted by molar-refractivity contribution is 5.87. The number of benzene rings is 2. The SMILES string of the molecule is O=[N+]([O-])c1cccc2c1cnn2Cc1ccc(F)cc1F. The molecule has 0 atom stereocenters. The first-order valence-electron chi connectivity index (χ1n) is 6.09. The van der Waals surface area contributed by atoms with E-state index >= 15 is 0 Å². The molecule has 0 fully saturated rings. The molecular formula is C14H9F2N3O2. The summed E-state index contributed by atoms with van der Waals surface area (Å²) in [5.74, 6) is -1.33. The first kappa shape index (κ1) is 13.2. The lowest BCUT2D eigenvalue weighted by Crippen LogP contribution is -2.03. The van der Waals surface area contributed by atoms with E-state index < -0.39 is 16.6 Å². The molecule has 0 saturated carbocycles. The topological polar surface area (TPSA) is 61.0 Å². The van der Waals surface area contributed by atoms with Crippen molar-refractivity contribution >= 4 is 16.6 Å². The van der Waals surface area contributed by atoms with Gasteiger partial charge in [-0.15, -0.1) is 0 Å². The number of aromatic nitrogens is 2. The summed E-state index contributed by atoms with van der Waals surface area (Å²) in [4.78, 5) is 10.4. The molecule has 1 aromatic heterocycles. The van der Waals surface area contributed by atoms with Crippen LogP contribution in [0.1, 0.15) is 5.56 Å². The zero-order valence-electron chi connectivity index (χ0n) is 10.7. The highest BCUT2D eigenvalue weighted by atomic mass is 19.1. The van der Waals surface area contributed by atoms with E-state index in [1.165, 1.54) is 23.0 Å². The first-order valence-corrected chi connectivity index (χ1v) is 6.09. The van der Waals surface area contributed by atoms with E-state index in [2.05, 4.69) is 5.10 Å². The number of fused-ring (bicyclic) bond motifs is 1. The number of nitro benzene ring substituents is 1. The van der Waals surface area contributed by atoms with Crippen LogP contribution in [0, 0.1) is 21.7 Å². The minimum Gasteiger partial charge on any atom is -0.260 e. The molecule has 0 spiro atoms. The molecule has 5 nitrogen and oxygen atoms in total. The van der Waals surface area contributed by atoms with Crippen LogP contribution in [-0.2, 0) is 6.54 Å². The number of nitrogens with zero attached hydrogens (tertiary/aromatic N) is 3. The van der Waals surface area contributed by atoms with Crippen LogP contribution in [0.25, 0.3) is 10.9 Å². The number of hydrogen-bond donors (Lipinski definition) is 0. The first-order chi connectivity index (χ1) is 10.1. The number of halogens is 2. The lowest BCUT2D eigenvalue weighted by Gasteiger charge is -2.05. The van der Waals surface area contributed by atoms with E-state index in [0.29, 0.717) is 10.9 Å². The van der Waals surface area contributed by atoms with Crippen molar-refractivity contribution in [2.45, 2.75) is 6.54 Å². The summed E-state index contributed by atoms with van der Waals surface area (Å²) in [6.45, 7) is 0.0663. The summed E-state index contributed by atoms with van der Waals surface area (Å²) in [5, 5.41) is 15.4. The predicted octanol–water partition coefficient (Wildman–Crippen LogP) is 3.27. The van der Waals surface area contributed by atoms with Crippen molar-refractivity contribution < 1.29 is 13.7 Å². The van der Waals surface area contributed by atoms with Crippen molar-refractivity contribution in [3.05, 3.63) is 69.9 Å². The minimum absolute atomic E-state index is 0.0571. The molecule has 21 heavy (non-hydrogen) atoms. The fourth-order valence-corrected chi connectivity index (χ4v) is 2.18. The maximum Gasteiger partial charge on any atom is 0.280 e. The van der Waals surface area contributed by atoms with Gasteiger partial charge in [0.2, 0.25) is 0 Å². The Morgan fingerprint density at radius 2 is 2.05 bits per heavy atom. The Morgan fingerprint density at radius 1 is 1.24 bits per heavy atom. The van der Waals surface area contributed by atoms with Gasteiger partial charge in [-0.25, -0.2) is 8.78 Å². The van der Waals surface area contributed by atoms with Crippen LogP contribution in [0.2, 0.25) is 0 Å². The minimum atomic E-state index is -0.677. The van der Waals surface area contributed by atoms with Gasteiger partial charge >= 0.3 is 0 Å². The van der Waals surface area contributed by atoms with Crippen molar-refractivity contribution in [2.75, 3.05) is 0 Å². The largest absolute Gasteiger partial charge is 0.280 e. The van der Waals surface area contributed by atoms with Crippen LogP contribution in [0.4, 0.5) is 14.5 Å². The second kappa shape index (κ2) is 4.93. The van der Waals surface area contributed by atoms with E-state index in [1.807, 2.05) is 0 Å². The molecule has 0 aliphatic rings. The molecule has 1 heterocycles. The summed E-state index contributed by atoms with van der Waals surface area (Å²) in [6.07, 6.45) is 1.37. The van der Waals surface area contributed by atoms with Crippen LogP contribution >= 0.6 is 0 Å². The van der Waals surface area contributed by atoms with E-state index in [0.717, 1.165) is 12.1 Å². The van der Waals surface area contributed by atoms with Crippen LogP contribution < -0.4 is 0 Å². The van der Waals surface area contributed by atoms with Gasteiger partial charge in [0, 0.05) is 17.7 Å². The van der Waals surface area contributed by atoms with Crippen molar-refractivity contribution in [3.8, 4) is 0 Å². The molecule has 0 amide bonds. The normalized spacial score (nSPS) is 11.0. The van der Waals surface area contributed by atoms with Gasteiger partial charge < -0.3 is 0 Å². The average Bonchev–Trinajstić information content (AvgIpc) is 2.85. The third-order valence-corrected chi connectivity index (χ3v) is 3.20. The smallest absolute Gasteiger partial charge is 0.260 e. The molecule has 0 aliphatic carbocycles. The summed E-state index contributed by atoms with van der Waals surface area (Å²) in [7, 11) is 0. The van der Waals surface area contributed by atoms with Crippen LogP contribution in [0.5, 0.6) is 0 Å². The maximum absolute atomic E-state index is 13.7. The van der Waals surface area contributed by atoms with Crippen molar-refractivity contribution in [1.29, 1.82) is 0 Å². The maximum atomic E-state index is 13.7. The quantitative estimate of drug-likeness (QED) is 0.549. The molecule has 0 saturated heterocycles. The van der Waals surface area contributed by atoms with Gasteiger partial charge in [-0.3, -0.25) is 14.8 Å². The van der Waals surface area contributed by atoms with Crippen LogP contribution in [0.3, 0.4) is 0 Å². The van der Waals surface area contributed by atoms with Crippen LogP contribution in [-0.4, -0.2) is 14.7 Å². The monoisotopic (exact) mass is 289 g/mol. The Kier molecular flexibility index (Phi) is 3.09. The predicted molar refractivity (Wildman–Crippen MR) is 71.8 cm³/mol. The highest BCUT2D eigenvalue weighted by Crippen LogP contribution is 2.25. The van der Waals surface area contributed by atoms with Gasteiger partial charge in [-0.2, -0.15) is 5.10 Å². The van der Waals surface area contributed by atoms with E-state index in [9.17, 15) is 18.9 Å². The Labute approximate surface area is 117 Å². The van der Waals surface area contributed by atoms with Crippen molar-refractivity contribution in [3.63, 3.8) is 0 Å². The van der Waals surface area contributed by atoms with Crippen LogP contribution in [0.15, 0.2) is 42.6 Å². The lowest BCUT2D eigenvalue weighted by atomic mass is 10.2. The Morgan fingerprint density at radius 3 is 2.76 bits per heavy atom. The standard InChI is InChI=1S/C14H9F2N3O2/c15-10-5-4-9(12(16)6-10)8-18-13-2-1-3-14(19(20)21)11(13)7-17-18/h1-7H,8H2. The van der Waals surface area contributed by atoms with E-state index in [4.69, 9.17) is 0 Å². The molecule has 0 bridgehead atoms. The Bertz CT molecular complexity index is 845. The Hall–Kier alpha value is -2.83. The second-order valence-electron chi connectivity index (χ2n) is 4.50. The Balaban J connectivity index is 2.06. The zero-order valence-corrected chi connectivity index (χ0v) is 10.7. The number of nitro groups is 1. The highest BCUT2D eigenvalue weighted by Gasteiger charge is 2.15. The summed E-state index contributed by atoms with van der Waals surface area (Å²) in [6, 6.07) is 7.87. The van der Waals surface area contributed by atoms with Crippen molar-refractivity contribution in [2.24, 2.45) is 0 Å². The summed E-state index contributed by atoms with van der Waals surface area (Å²) in [5.41, 5.74) is 0.721. The van der Waals surface area contributed by atoms with E-state index in [1.54, 1.807) is 12.1 Å². The number of non-ortho nitro benzene ring substituents is 1. The van der Waals surface area contributed by atoms with Gasteiger partial charge in [0.15, 0.2) is 0 Å². The van der Waals surface area contributed by atoms with Gasteiger partial charge in [-0.1, -0.05) is 12.1 Å². The fraction of sp³-hybridized carbons (Fsp3) is 0.0714. The van der Waals surface area contributed by atoms with Gasteiger partial charge in [0.1, 0.15) is 11.6 Å². The molecule has 3 aromatic rings. The number of rotatable bonds is 3. The second-order valence-corrected chi connectivity index (χ2v) is 4.50. The molecule has 0 N–H and O–H groups in total. The molecule has 3 rings (SSSR count). The zero-order chi connectivity index (χ0) is 15.0. The average molecular weight is 289 g/mol.